The van der Waals surface area contributed by atoms with E-state index in [4.69, 9.17) is 47.2 Å². The second-order valence-corrected chi connectivity index (χ2v) is 15.8. The van der Waals surface area contributed by atoms with Crippen molar-refractivity contribution in [3.8, 4) is 34.4 Å². The third-order valence-electron chi connectivity index (χ3n) is 11.0. The van der Waals surface area contributed by atoms with Crippen molar-refractivity contribution in [3.63, 3.8) is 0 Å². The fraction of sp³-hybridized carbons (Fsp3) is 0.234. The smallest absolute Gasteiger partial charge is 0.326 e. The number of carboxylic acids is 1. The number of ether oxygens (including phenoxy) is 3. The zero-order chi connectivity index (χ0) is 41.9. The number of nitrogens with zero attached hydrogens (tertiary/aromatic N) is 3. The van der Waals surface area contributed by atoms with Crippen LogP contribution in [0.15, 0.2) is 108 Å². The van der Waals surface area contributed by atoms with Crippen molar-refractivity contribution in [1.82, 2.24) is 15.4 Å². The quantitative estimate of drug-likeness (QED) is 0.122. The van der Waals surface area contributed by atoms with Crippen LogP contribution in [0.25, 0.3) is 11.1 Å². The van der Waals surface area contributed by atoms with Crippen LogP contribution in [-0.2, 0) is 42.1 Å². The van der Waals surface area contributed by atoms with E-state index in [1.807, 2.05) is 97.6 Å². The zero-order valence-electron chi connectivity index (χ0n) is 32.8. The number of amides is 1. The number of nitrogens with one attached hydrogen (secondary N) is 1. The summed E-state index contributed by atoms with van der Waals surface area (Å²) in [7, 11) is 0. The number of hydrogen-bond donors (Lipinski definition) is 2. The summed E-state index contributed by atoms with van der Waals surface area (Å²) in [4.78, 5) is 28.8. The van der Waals surface area contributed by atoms with Gasteiger partial charge in [-0.3, -0.25) is 9.69 Å². The molecule has 3 atom stereocenters. The number of rotatable bonds is 12. The number of halogens is 2. The number of fused-ring (bicyclic) bond motifs is 2. The number of aliphatic carboxylic acids is 1. The maximum Gasteiger partial charge on any atom is 0.326 e. The van der Waals surface area contributed by atoms with E-state index in [1.165, 1.54) is 0 Å². The number of aryl methyl sites for hydroxylation is 2. The number of carbonyl (C=O) groups is 2. The van der Waals surface area contributed by atoms with Gasteiger partial charge >= 0.3 is 5.97 Å². The van der Waals surface area contributed by atoms with Crippen LogP contribution >= 0.6 is 23.2 Å². The molecule has 2 aliphatic heterocycles. The predicted molar refractivity (Wildman–Crippen MR) is 225 cm³/mol. The summed E-state index contributed by atoms with van der Waals surface area (Å²) < 4.78 is 24.2. The molecule has 0 bridgehead atoms. The van der Waals surface area contributed by atoms with Crippen LogP contribution < -0.4 is 19.5 Å². The molecule has 3 heterocycles. The molecule has 5 aromatic carbocycles. The average Bonchev–Trinajstić information content (AvgIpc) is 3.58. The normalized spacial score (nSPS) is 16.3. The maximum atomic E-state index is 14.2. The molecular weight excluding hydrogens is 803 g/mol. The van der Waals surface area contributed by atoms with Gasteiger partial charge in [-0.05, 0) is 108 Å². The largest absolute Gasteiger partial charge is 0.489 e. The van der Waals surface area contributed by atoms with Crippen molar-refractivity contribution in [3.05, 3.63) is 164 Å². The van der Waals surface area contributed by atoms with E-state index in [9.17, 15) is 14.7 Å². The minimum absolute atomic E-state index is 0.0935. The van der Waals surface area contributed by atoms with E-state index < -0.39 is 24.0 Å². The molecule has 2 N–H and O–H groups in total. The van der Waals surface area contributed by atoms with E-state index in [1.54, 1.807) is 24.3 Å². The minimum atomic E-state index is -1.17. The summed E-state index contributed by atoms with van der Waals surface area (Å²) in [6.07, 6.45) is 0.0520. The van der Waals surface area contributed by atoms with Crippen molar-refractivity contribution >= 4 is 35.1 Å². The molecule has 60 heavy (non-hydrogen) atoms. The van der Waals surface area contributed by atoms with Crippen molar-refractivity contribution in [2.75, 3.05) is 6.61 Å². The van der Waals surface area contributed by atoms with Crippen LogP contribution in [0.3, 0.4) is 0 Å². The first-order chi connectivity index (χ1) is 29.0. The SMILES string of the molecule is Cc1noc(C)c1CN1Cc2cc3c(cc2CC1C(=O)NC(Cc1ccc(-c2ccc(C#N)cc2)cc1)C(=O)O)OCC(c1ccc(OCc2ccc(Cl)c(Cl)c2)cc1)O3. The molecule has 0 radical (unpaired) electrons. The highest BCUT2D eigenvalue weighted by molar-refractivity contribution is 6.42. The van der Waals surface area contributed by atoms with Crippen molar-refractivity contribution < 1.29 is 33.4 Å². The molecule has 0 fully saturated rings. The Labute approximate surface area is 357 Å². The second kappa shape index (κ2) is 17.5. The first-order valence-corrected chi connectivity index (χ1v) is 20.2. The highest BCUT2D eigenvalue weighted by Crippen LogP contribution is 2.41. The van der Waals surface area contributed by atoms with Gasteiger partial charge < -0.3 is 29.2 Å². The number of hydrogen-bond acceptors (Lipinski definition) is 9. The van der Waals surface area contributed by atoms with E-state index in [2.05, 4.69) is 16.5 Å². The molecule has 0 saturated heterocycles. The molecule has 304 valence electrons. The standard InChI is InChI=1S/C47H40Cl2N4O7/c1-27-38(28(2)60-52-27)24-53-23-36-21-44-43(58-26-45(59-44)34-12-14-37(15-13-34)57-25-31-7-16-39(48)40(49)17-31)20-35(36)19-42(53)46(54)51-41(47(55)56)18-29-3-8-32(9-4-29)33-10-5-30(22-50)6-11-33/h3-17,20-21,41-42,45H,18-19,23-26H2,1-2H3,(H,51,54)(H,55,56). The zero-order valence-corrected chi connectivity index (χ0v) is 34.3. The summed E-state index contributed by atoms with van der Waals surface area (Å²) in [5, 5.41) is 27.4. The van der Waals surface area contributed by atoms with Crippen LogP contribution in [0.1, 0.15) is 56.5 Å². The summed E-state index contributed by atoms with van der Waals surface area (Å²) in [6, 6.07) is 32.0. The van der Waals surface area contributed by atoms with Crippen LogP contribution in [0.5, 0.6) is 17.2 Å². The van der Waals surface area contributed by atoms with Gasteiger partial charge in [-0.15, -0.1) is 0 Å². The molecule has 3 unspecified atom stereocenters. The van der Waals surface area contributed by atoms with Gasteiger partial charge in [0.1, 0.15) is 30.8 Å². The Morgan fingerprint density at radius 3 is 2.28 bits per heavy atom. The third kappa shape index (κ3) is 8.97. The number of aromatic nitrogens is 1. The van der Waals surface area contributed by atoms with E-state index in [-0.39, 0.29) is 19.1 Å². The minimum Gasteiger partial charge on any atom is -0.489 e. The van der Waals surface area contributed by atoms with Crippen LogP contribution in [-0.4, -0.2) is 45.7 Å². The first-order valence-electron chi connectivity index (χ1n) is 19.4. The summed E-state index contributed by atoms with van der Waals surface area (Å²) >= 11 is 12.2. The first kappa shape index (κ1) is 40.5. The number of nitriles is 1. The molecule has 2 aliphatic rings. The molecule has 0 spiro atoms. The van der Waals surface area contributed by atoms with Gasteiger partial charge in [0.25, 0.3) is 0 Å². The van der Waals surface area contributed by atoms with Gasteiger partial charge in [0.2, 0.25) is 5.91 Å². The lowest BCUT2D eigenvalue weighted by Crippen LogP contribution is -2.54. The third-order valence-corrected chi connectivity index (χ3v) is 11.7. The molecule has 0 aliphatic carbocycles. The Balaban J connectivity index is 0.969. The van der Waals surface area contributed by atoms with Crippen molar-refractivity contribution in [2.45, 2.75) is 64.6 Å². The topological polar surface area (TPSA) is 147 Å². The Morgan fingerprint density at radius 1 is 0.917 bits per heavy atom. The Morgan fingerprint density at radius 2 is 1.62 bits per heavy atom. The van der Waals surface area contributed by atoms with Crippen LogP contribution in [0.4, 0.5) is 0 Å². The maximum absolute atomic E-state index is 14.2. The number of carboxylic acid groups (broad SMARTS) is 1. The monoisotopic (exact) mass is 842 g/mol. The van der Waals surface area contributed by atoms with Gasteiger partial charge in [-0.25, -0.2) is 4.79 Å². The molecular formula is C47H40Cl2N4O7. The fourth-order valence-corrected chi connectivity index (χ4v) is 7.89. The molecule has 11 nitrogen and oxygen atoms in total. The van der Waals surface area contributed by atoms with Gasteiger partial charge in [0, 0.05) is 25.1 Å². The Bertz CT molecular complexity index is 2570. The van der Waals surface area contributed by atoms with Crippen LogP contribution in [0, 0.1) is 25.2 Å². The van der Waals surface area contributed by atoms with Crippen molar-refractivity contribution in [2.24, 2.45) is 0 Å². The summed E-state index contributed by atoms with van der Waals surface area (Å²) in [5.74, 6) is 0.999. The van der Waals surface area contributed by atoms with E-state index in [0.29, 0.717) is 64.7 Å². The lowest BCUT2D eigenvalue weighted by Gasteiger charge is -2.37. The molecule has 1 aromatic heterocycles. The molecule has 0 saturated carbocycles. The average molecular weight is 844 g/mol. The lowest BCUT2D eigenvalue weighted by atomic mass is 9.91. The molecule has 8 rings (SSSR count). The molecule has 13 heteroatoms. The summed E-state index contributed by atoms with van der Waals surface area (Å²) in [5.41, 5.74) is 8.50. The number of carbonyl (C=O) groups excluding carboxylic acids is 1. The van der Waals surface area contributed by atoms with Gasteiger partial charge in [-0.2, -0.15) is 5.26 Å². The fourth-order valence-electron chi connectivity index (χ4n) is 7.57. The van der Waals surface area contributed by atoms with Gasteiger partial charge in [0.05, 0.1) is 33.4 Å². The summed E-state index contributed by atoms with van der Waals surface area (Å²) in [6.45, 7) is 5.08. The number of benzene rings is 5. The lowest BCUT2D eigenvalue weighted by molar-refractivity contribution is -0.142. The second-order valence-electron chi connectivity index (χ2n) is 15.0. The Kier molecular flexibility index (Phi) is 11.8. The Hall–Kier alpha value is -6.32. The highest BCUT2D eigenvalue weighted by Gasteiger charge is 2.36. The predicted octanol–water partition coefficient (Wildman–Crippen LogP) is 8.97. The molecule has 1 amide bonds. The highest BCUT2D eigenvalue weighted by atomic mass is 35.5. The van der Waals surface area contributed by atoms with Crippen molar-refractivity contribution in [1.29, 1.82) is 5.26 Å². The van der Waals surface area contributed by atoms with Gasteiger partial charge in [0.15, 0.2) is 17.6 Å². The van der Waals surface area contributed by atoms with E-state index in [0.717, 1.165) is 50.2 Å². The molecule has 6 aromatic rings. The van der Waals surface area contributed by atoms with Crippen LogP contribution in [0.2, 0.25) is 10.0 Å². The van der Waals surface area contributed by atoms with E-state index >= 15 is 0 Å². The van der Waals surface area contributed by atoms with Gasteiger partial charge in [-0.1, -0.05) is 83.0 Å².